The first-order valence-corrected chi connectivity index (χ1v) is 6.34. The lowest BCUT2D eigenvalue weighted by Gasteiger charge is -2.26. The molecule has 0 unspecified atom stereocenters. The number of carbonyl (C=O) groups excluding carboxylic acids is 2. The summed E-state index contributed by atoms with van der Waals surface area (Å²) in [6.07, 6.45) is 1.28. The van der Waals surface area contributed by atoms with Crippen molar-refractivity contribution in [3.8, 4) is 0 Å². The van der Waals surface area contributed by atoms with Crippen LogP contribution >= 0.6 is 0 Å². The number of carboxylic acid groups (broad SMARTS) is 1. The van der Waals surface area contributed by atoms with E-state index in [1.165, 1.54) is 0 Å². The second-order valence-electron chi connectivity index (χ2n) is 4.76. The van der Waals surface area contributed by atoms with Gasteiger partial charge in [-0.25, -0.2) is 0 Å². The molecular formula is C14H16N2O4. The van der Waals surface area contributed by atoms with E-state index < -0.39 is 5.97 Å². The minimum atomic E-state index is -1.07. The largest absolute Gasteiger partial charge is 0.480 e. The van der Waals surface area contributed by atoms with Crippen LogP contribution in [0, 0.1) is 0 Å². The van der Waals surface area contributed by atoms with Crippen LogP contribution in [0.25, 0.3) is 0 Å². The number of aryl methyl sites for hydroxylation is 1. The van der Waals surface area contributed by atoms with E-state index in [4.69, 9.17) is 5.11 Å². The Bertz CT molecular complexity index is 568. The van der Waals surface area contributed by atoms with Crippen molar-refractivity contribution in [2.75, 3.05) is 18.5 Å². The van der Waals surface area contributed by atoms with E-state index >= 15 is 0 Å². The van der Waals surface area contributed by atoms with Gasteiger partial charge >= 0.3 is 5.97 Å². The van der Waals surface area contributed by atoms with E-state index in [2.05, 4.69) is 5.32 Å². The number of benzene rings is 1. The van der Waals surface area contributed by atoms with Crippen LogP contribution in [0.3, 0.4) is 0 Å². The molecule has 106 valence electrons. The molecular weight excluding hydrogens is 260 g/mol. The highest BCUT2D eigenvalue weighted by molar-refractivity contribution is 5.96. The van der Waals surface area contributed by atoms with E-state index in [-0.39, 0.29) is 24.8 Å². The number of nitrogens with zero attached hydrogens (tertiary/aromatic N) is 1. The number of nitrogens with one attached hydrogen (secondary N) is 1. The SMILES string of the molecule is CN1C(=O)CCc2cc(CC(=O)NCC(=O)O)ccc21. The molecule has 0 spiro atoms. The van der Waals surface area contributed by atoms with E-state index in [0.29, 0.717) is 12.8 Å². The van der Waals surface area contributed by atoms with Gasteiger partial charge < -0.3 is 15.3 Å². The van der Waals surface area contributed by atoms with Gasteiger partial charge in [0.25, 0.3) is 0 Å². The van der Waals surface area contributed by atoms with E-state index in [1.807, 2.05) is 12.1 Å². The fourth-order valence-electron chi connectivity index (χ4n) is 2.24. The number of fused-ring (bicyclic) bond motifs is 1. The molecule has 0 atom stereocenters. The molecule has 6 heteroatoms. The molecule has 0 saturated heterocycles. The maximum Gasteiger partial charge on any atom is 0.322 e. The summed E-state index contributed by atoms with van der Waals surface area (Å²) in [6.45, 7) is -0.374. The first-order valence-electron chi connectivity index (χ1n) is 6.34. The second-order valence-corrected chi connectivity index (χ2v) is 4.76. The molecule has 2 rings (SSSR count). The summed E-state index contributed by atoms with van der Waals surface area (Å²) in [5, 5.41) is 10.8. The highest BCUT2D eigenvalue weighted by atomic mass is 16.4. The third kappa shape index (κ3) is 3.14. The fourth-order valence-corrected chi connectivity index (χ4v) is 2.24. The molecule has 0 aromatic heterocycles. The van der Waals surface area contributed by atoms with Gasteiger partial charge in [0.2, 0.25) is 11.8 Å². The van der Waals surface area contributed by atoms with Gasteiger partial charge in [-0.05, 0) is 23.6 Å². The molecule has 1 aliphatic heterocycles. The first kappa shape index (κ1) is 14.0. The molecule has 0 bridgehead atoms. The predicted octanol–water partition coefficient (Wildman–Crippen LogP) is 0.339. The van der Waals surface area contributed by atoms with Crippen LogP contribution in [0.4, 0.5) is 5.69 Å². The topological polar surface area (TPSA) is 86.7 Å². The molecule has 1 aliphatic rings. The van der Waals surface area contributed by atoms with Gasteiger partial charge in [0.1, 0.15) is 6.54 Å². The van der Waals surface area contributed by atoms with Crippen molar-refractivity contribution < 1.29 is 19.5 Å². The Kier molecular flexibility index (Phi) is 4.02. The van der Waals surface area contributed by atoms with Crippen LogP contribution in [0.5, 0.6) is 0 Å². The molecule has 0 saturated carbocycles. The molecule has 0 radical (unpaired) electrons. The highest BCUT2D eigenvalue weighted by Crippen LogP contribution is 2.27. The average Bonchev–Trinajstić information content (AvgIpc) is 2.41. The normalized spacial score (nSPS) is 13.8. The minimum absolute atomic E-state index is 0.0875. The number of anilines is 1. The Morgan fingerprint density at radius 1 is 1.35 bits per heavy atom. The number of hydrogen-bond donors (Lipinski definition) is 2. The second kappa shape index (κ2) is 5.73. The van der Waals surface area contributed by atoms with Crippen LogP contribution in [0.1, 0.15) is 17.5 Å². The van der Waals surface area contributed by atoms with Crippen LogP contribution in [0.2, 0.25) is 0 Å². The van der Waals surface area contributed by atoms with Crippen LogP contribution < -0.4 is 10.2 Å². The lowest BCUT2D eigenvalue weighted by molar-refractivity contribution is -0.137. The molecule has 1 aromatic carbocycles. The first-order chi connectivity index (χ1) is 9.47. The van der Waals surface area contributed by atoms with Gasteiger partial charge in [0, 0.05) is 19.2 Å². The van der Waals surface area contributed by atoms with Crippen molar-refractivity contribution in [1.82, 2.24) is 5.32 Å². The quantitative estimate of drug-likeness (QED) is 0.830. The Morgan fingerprint density at radius 2 is 2.10 bits per heavy atom. The van der Waals surface area contributed by atoms with Gasteiger partial charge in [-0.2, -0.15) is 0 Å². The summed E-state index contributed by atoms with van der Waals surface area (Å²) in [7, 11) is 1.74. The fraction of sp³-hybridized carbons (Fsp3) is 0.357. The number of amides is 2. The van der Waals surface area contributed by atoms with Crippen molar-refractivity contribution in [3.63, 3.8) is 0 Å². The summed E-state index contributed by atoms with van der Waals surface area (Å²) >= 11 is 0. The number of carboxylic acids is 1. The highest BCUT2D eigenvalue weighted by Gasteiger charge is 2.21. The van der Waals surface area contributed by atoms with Crippen molar-refractivity contribution >= 4 is 23.5 Å². The molecule has 2 N–H and O–H groups in total. The zero-order valence-corrected chi connectivity index (χ0v) is 11.2. The van der Waals surface area contributed by atoms with Crippen molar-refractivity contribution in [1.29, 1.82) is 0 Å². The summed E-state index contributed by atoms with van der Waals surface area (Å²) in [5.74, 6) is -1.30. The van der Waals surface area contributed by atoms with E-state index in [1.54, 1.807) is 18.0 Å². The number of hydrogen-bond acceptors (Lipinski definition) is 3. The predicted molar refractivity (Wildman–Crippen MR) is 72.5 cm³/mol. The van der Waals surface area contributed by atoms with Gasteiger partial charge in [-0.1, -0.05) is 12.1 Å². The monoisotopic (exact) mass is 276 g/mol. The minimum Gasteiger partial charge on any atom is -0.480 e. The maximum atomic E-state index is 11.6. The smallest absolute Gasteiger partial charge is 0.322 e. The lowest BCUT2D eigenvalue weighted by atomic mass is 9.98. The van der Waals surface area contributed by atoms with Gasteiger partial charge in [-0.15, -0.1) is 0 Å². The standard InChI is InChI=1S/C14H16N2O4/c1-16-11-4-2-9(6-10(11)3-5-13(16)18)7-12(17)15-8-14(19)20/h2,4,6H,3,5,7-8H2,1H3,(H,15,17)(H,19,20). The summed E-state index contributed by atoms with van der Waals surface area (Å²) in [4.78, 5) is 35.1. The van der Waals surface area contributed by atoms with Gasteiger partial charge in [0.15, 0.2) is 0 Å². The van der Waals surface area contributed by atoms with Crippen LogP contribution in [-0.2, 0) is 27.2 Å². The molecule has 6 nitrogen and oxygen atoms in total. The molecule has 0 fully saturated rings. The molecule has 1 heterocycles. The Morgan fingerprint density at radius 3 is 2.80 bits per heavy atom. The molecule has 2 amide bonds. The van der Waals surface area contributed by atoms with Crippen LogP contribution in [-0.4, -0.2) is 36.5 Å². The molecule has 1 aromatic rings. The summed E-state index contributed by atoms with van der Waals surface area (Å²) < 4.78 is 0. The number of rotatable bonds is 4. The lowest BCUT2D eigenvalue weighted by Crippen LogP contribution is -2.32. The van der Waals surface area contributed by atoms with Crippen molar-refractivity contribution in [2.45, 2.75) is 19.3 Å². The van der Waals surface area contributed by atoms with E-state index in [0.717, 1.165) is 16.8 Å². The van der Waals surface area contributed by atoms with Crippen LogP contribution in [0.15, 0.2) is 18.2 Å². The van der Waals surface area contributed by atoms with Crippen molar-refractivity contribution in [2.24, 2.45) is 0 Å². The third-order valence-corrected chi connectivity index (χ3v) is 3.29. The Labute approximate surface area is 116 Å². The van der Waals surface area contributed by atoms with Gasteiger partial charge in [0.05, 0.1) is 6.42 Å². The molecule has 20 heavy (non-hydrogen) atoms. The number of carbonyl (C=O) groups is 3. The zero-order chi connectivity index (χ0) is 14.7. The Balaban J connectivity index is 2.06. The zero-order valence-electron chi connectivity index (χ0n) is 11.2. The number of aliphatic carboxylic acids is 1. The summed E-state index contributed by atoms with van der Waals surface area (Å²) in [5.41, 5.74) is 2.72. The van der Waals surface area contributed by atoms with Crippen molar-refractivity contribution in [3.05, 3.63) is 29.3 Å². The average molecular weight is 276 g/mol. The van der Waals surface area contributed by atoms with E-state index in [9.17, 15) is 14.4 Å². The molecule has 0 aliphatic carbocycles. The maximum absolute atomic E-state index is 11.6. The Hall–Kier alpha value is -2.37. The third-order valence-electron chi connectivity index (χ3n) is 3.29. The summed E-state index contributed by atoms with van der Waals surface area (Å²) in [6, 6.07) is 5.51. The van der Waals surface area contributed by atoms with Gasteiger partial charge in [-0.3, -0.25) is 14.4 Å².